The highest BCUT2D eigenvalue weighted by Crippen LogP contribution is 2.17. The maximum absolute atomic E-state index is 12.0. The molecule has 0 heterocycles. The summed E-state index contributed by atoms with van der Waals surface area (Å²) in [6, 6.07) is 15.5. The number of amides is 1. The zero-order valence-electron chi connectivity index (χ0n) is 14.5. The summed E-state index contributed by atoms with van der Waals surface area (Å²) in [5, 5.41) is 6.27. The van der Waals surface area contributed by atoms with Gasteiger partial charge in [0.05, 0.1) is 0 Å². The van der Waals surface area contributed by atoms with E-state index in [0.29, 0.717) is 25.2 Å². The van der Waals surface area contributed by atoms with E-state index in [9.17, 15) is 4.79 Å². The monoisotopic (exact) mass is 336 g/mol. The van der Waals surface area contributed by atoms with Crippen LogP contribution in [0, 0.1) is 12.3 Å². The molecule has 0 bridgehead atoms. The van der Waals surface area contributed by atoms with Gasteiger partial charge in [-0.1, -0.05) is 43.2 Å². The first-order valence-corrected chi connectivity index (χ1v) is 8.46. The topological polar surface area (TPSA) is 50.4 Å². The predicted molar refractivity (Wildman–Crippen MR) is 100 cm³/mol. The Balaban J connectivity index is 1.92. The summed E-state index contributed by atoms with van der Waals surface area (Å²) in [4.78, 5) is 12.0. The number of carbonyl (C=O) groups is 1. The van der Waals surface area contributed by atoms with Gasteiger partial charge < -0.3 is 15.4 Å². The average Bonchev–Trinajstić information content (AvgIpc) is 2.65. The van der Waals surface area contributed by atoms with E-state index in [-0.39, 0.29) is 12.5 Å². The maximum Gasteiger partial charge on any atom is 0.251 e. The minimum Gasteiger partial charge on any atom is -0.481 e. The molecular formula is C21H24N2O2. The number of ether oxygens (including phenoxy) is 1. The minimum atomic E-state index is -0.0308. The van der Waals surface area contributed by atoms with E-state index in [1.807, 2.05) is 55.5 Å². The molecule has 0 unspecified atom stereocenters. The molecule has 2 rings (SSSR count). The first-order chi connectivity index (χ1) is 12.2. The predicted octanol–water partition coefficient (Wildman–Crippen LogP) is 3.13. The molecule has 0 saturated heterocycles. The van der Waals surface area contributed by atoms with Gasteiger partial charge in [-0.15, -0.1) is 6.42 Å². The summed E-state index contributed by atoms with van der Waals surface area (Å²) in [6.07, 6.45) is 6.17. The molecule has 4 heteroatoms. The highest BCUT2D eigenvalue weighted by molar-refractivity contribution is 5.94. The molecule has 0 fully saturated rings. The van der Waals surface area contributed by atoms with Gasteiger partial charge in [0.25, 0.3) is 5.91 Å². The van der Waals surface area contributed by atoms with Crippen LogP contribution in [0.4, 0.5) is 0 Å². The molecule has 0 radical (unpaired) electrons. The van der Waals surface area contributed by atoms with E-state index in [0.717, 1.165) is 23.3 Å². The summed E-state index contributed by atoms with van der Waals surface area (Å²) in [5.74, 6) is 3.24. The fraction of sp³-hybridized carbons (Fsp3) is 0.286. The van der Waals surface area contributed by atoms with Crippen LogP contribution >= 0.6 is 0 Å². The number of hydrogen-bond acceptors (Lipinski definition) is 3. The van der Waals surface area contributed by atoms with Crippen LogP contribution in [-0.4, -0.2) is 19.1 Å². The summed E-state index contributed by atoms with van der Waals surface area (Å²) >= 11 is 0. The molecule has 4 nitrogen and oxygen atoms in total. The van der Waals surface area contributed by atoms with Crippen molar-refractivity contribution in [3.63, 3.8) is 0 Å². The van der Waals surface area contributed by atoms with E-state index < -0.39 is 0 Å². The number of benzene rings is 2. The Kier molecular flexibility index (Phi) is 7.55. The molecule has 0 spiro atoms. The van der Waals surface area contributed by atoms with Crippen LogP contribution in [0.3, 0.4) is 0 Å². The number of hydrogen-bond donors (Lipinski definition) is 2. The largest absolute Gasteiger partial charge is 0.481 e. The molecular weight excluding hydrogens is 312 g/mol. The molecule has 2 aromatic rings. The Labute approximate surface area is 149 Å². The van der Waals surface area contributed by atoms with Crippen molar-refractivity contribution in [2.24, 2.45) is 0 Å². The molecule has 0 aliphatic carbocycles. The van der Waals surface area contributed by atoms with Crippen molar-refractivity contribution < 1.29 is 9.53 Å². The smallest absolute Gasteiger partial charge is 0.251 e. The van der Waals surface area contributed by atoms with E-state index in [1.165, 1.54) is 0 Å². The number of terminal acetylenes is 1. The Morgan fingerprint density at radius 2 is 2.00 bits per heavy atom. The van der Waals surface area contributed by atoms with Crippen LogP contribution in [0.15, 0.2) is 48.5 Å². The SMILES string of the molecule is C#CCOc1ccccc1CNCc1cccc(C(=O)NCCC)c1. The molecule has 130 valence electrons. The van der Waals surface area contributed by atoms with Gasteiger partial charge in [-0.2, -0.15) is 0 Å². The first kappa shape index (κ1) is 18.6. The van der Waals surface area contributed by atoms with Crippen molar-refractivity contribution in [1.29, 1.82) is 0 Å². The van der Waals surface area contributed by atoms with Crippen molar-refractivity contribution in [2.75, 3.05) is 13.2 Å². The van der Waals surface area contributed by atoms with Gasteiger partial charge in [-0.05, 0) is 30.2 Å². The number of rotatable bonds is 9. The lowest BCUT2D eigenvalue weighted by atomic mass is 10.1. The third kappa shape index (κ3) is 5.98. The Morgan fingerprint density at radius 3 is 2.80 bits per heavy atom. The van der Waals surface area contributed by atoms with Crippen LogP contribution in [0.25, 0.3) is 0 Å². The van der Waals surface area contributed by atoms with Crippen molar-refractivity contribution in [1.82, 2.24) is 10.6 Å². The molecule has 0 aromatic heterocycles. The van der Waals surface area contributed by atoms with Crippen molar-refractivity contribution >= 4 is 5.91 Å². The quantitative estimate of drug-likeness (QED) is 0.692. The summed E-state index contributed by atoms with van der Waals surface area (Å²) in [5.41, 5.74) is 2.80. The van der Waals surface area contributed by atoms with Crippen molar-refractivity contribution in [3.8, 4) is 18.1 Å². The molecule has 0 aliphatic heterocycles. The van der Waals surface area contributed by atoms with E-state index in [4.69, 9.17) is 11.2 Å². The van der Waals surface area contributed by atoms with Crippen LogP contribution in [0.2, 0.25) is 0 Å². The fourth-order valence-electron chi connectivity index (χ4n) is 2.41. The van der Waals surface area contributed by atoms with Gasteiger partial charge in [-0.25, -0.2) is 0 Å². The second kappa shape index (κ2) is 10.2. The number of para-hydroxylation sites is 1. The second-order valence-electron chi connectivity index (χ2n) is 5.66. The summed E-state index contributed by atoms with van der Waals surface area (Å²) < 4.78 is 5.55. The average molecular weight is 336 g/mol. The molecule has 25 heavy (non-hydrogen) atoms. The number of carbonyl (C=O) groups excluding carboxylic acids is 1. The highest BCUT2D eigenvalue weighted by Gasteiger charge is 2.06. The molecule has 0 atom stereocenters. The van der Waals surface area contributed by atoms with Crippen LogP contribution < -0.4 is 15.4 Å². The van der Waals surface area contributed by atoms with Crippen LogP contribution in [0.5, 0.6) is 5.75 Å². The first-order valence-electron chi connectivity index (χ1n) is 8.46. The van der Waals surface area contributed by atoms with E-state index in [1.54, 1.807) is 0 Å². The van der Waals surface area contributed by atoms with Gasteiger partial charge in [0.15, 0.2) is 0 Å². The van der Waals surface area contributed by atoms with Gasteiger partial charge in [0.2, 0.25) is 0 Å². The molecule has 2 N–H and O–H groups in total. The van der Waals surface area contributed by atoms with Gasteiger partial charge in [-0.3, -0.25) is 4.79 Å². The van der Waals surface area contributed by atoms with E-state index in [2.05, 4.69) is 16.6 Å². The van der Waals surface area contributed by atoms with E-state index >= 15 is 0 Å². The van der Waals surface area contributed by atoms with Crippen molar-refractivity contribution in [2.45, 2.75) is 26.4 Å². The Morgan fingerprint density at radius 1 is 1.16 bits per heavy atom. The standard InChI is InChI=1S/C21H24N2O2/c1-3-12-23-21(24)18-10-7-8-17(14-18)15-22-16-19-9-5-6-11-20(19)25-13-4-2/h2,5-11,14,22H,3,12-13,15-16H2,1H3,(H,23,24). The fourth-order valence-corrected chi connectivity index (χ4v) is 2.41. The second-order valence-corrected chi connectivity index (χ2v) is 5.66. The molecule has 2 aromatic carbocycles. The van der Waals surface area contributed by atoms with Gasteiger partial charge in [0.1, 0.15) is 12.4 Å². The summed E-state index contributed by atoms with van der Waals surface area (Å²) in [6.45, 7) is 4.30. The highest BCUT2D eigenvalue weighted by atomic mass is 16.5. The summed E-state index contributed by atoms with van der Waals surface area (Å²) in [7, 11) is 0. The lowest BCUT2D eigenvalue weighted by molar-refractivity contribution is 0.0953. The minimum absolute atomic E-state index is 0.0308. The third-order valence-corrected chi connectivity index (χ3v) is 3.65. The van der Waals surface area contributed by atoms with Crippen LogP contribution in [0.1, 0.15) is 34.8 Å². The van der Waals surface area contributed by atoms with Crippen LogP contribution in [-0.2, 0) is 13.1 Å². The lowest BCUT2D eigenvalue weighted by Crippen LogP contribution is -2.24. The molecule has 1 amide bonds. The van der Waals surface area contributed by atoms with Gasteiger partial charge in [0, 0.05) is 30.8 Å². The van der Waals surface area contributed by atoms with Crippen molar-refractivity contribution in [3.05, 3.63) is 65.2 Å². The molecule has 0 saturated carbocycles. The Bertz CT molecular complexity index is 735. The number of nitrogens with one attached hydrogen (secondary N) is 2. The zero-order chi connectivity index (χ0) is 17.9. The van der Waals surface area contributed by atoms with Gasteiger partial charge >= 0.3 is 0 Å². The Hall–Kier alpha value is -2.77. The lowest BCUT2D eigenvalue weighted by Gasteiger charge is -2.11. The normalized spacial score (nSPS) is 10.1. The maximum atomic E-state index is 12.0. The third-order valence-electron chi connectivity index (χ3n) is 3.65. The molecule has 0 aliphatic rings. The zero-order valence-corrected chi connectivity index (χ0v) is 14.5.